The second-order valence-corrected chi connectivity index (χ2v) is 4.40. The Morgan fingerprint density at radius 1 is 1.24 bits per heavy atom. The SMILES string of the molecule is COCc1nc(NN)cc(NCCc2ccccc2F)n1. The van der Waals surface area contributed by atoms with Crippen LogP contribution < -0.4 is 16.6 Å². The molecule has 1 heterocycles. The highest BCUT2D eigenvalue weighted by Crippen LogP contribution is 2.12. The minimum Gasteiger partial charge on any atom is -0.377 e. The molecule has 7 heteroatoms. The van der Waals surface area contributed by atoms with Crippen LogP contribution in [0.5, 0.6) is 0 Å². The molecule has 6 nitrogen and oxygen atoms in total. The van der Waals surface area contributed by atoms with Gasteiger partial charge >= 0.3 is 0 Å². The summed E-state index contributed by atoms with van der Waals surface area (Å²) < 4.78 is 18.5. The number of anilines is 2. The number of hydrogen-bond donors (Lipinski definition) is 3. The first-order valence-corrected chi connectivity index (χ1v) is 6.53. The fourth-order valence-electron chi connectivity index (χ4n) is 1.88. The first-order chi connectivity index (χ1) is 10.2. The summed E-state index contributed by atoms with van der Waals surface area (Å²) in [4.78, 5) is 8.44. The van der Waals surface area contributed by atoms with Gasteiger partial charge in [0.2, 0.25) is 0 Å². The topological polar surface area (TPSA) is 85.1 Å². The van der Waals surface area contributed by atoms with Crippen LogP contribution in [0.3, 0.4) is 0 Å². The standard InChI is InChI=1S/C14H18FN5O/c1-21-9-14-18-12(8-13(19-14)20-16)17-7-6-10-4-2-3-5-11(10)15/h2-5,8H,6-7,9,16H2,1H3,(H2,17,18,19,20). The molecule has 0 radical (unpaired) electrons. The Morgan fingerprint density at radius 2 is 2.00 bits per heavy atom. The summed E-state index contributed by atoms with van der Waals surface area (Å²) in [7, 11) is 1.57. The van der Waals surface area contributed by atoms with Crippen LogP contribution in [0, 0.1) is 5.82 Å². The molecule has 0 amide bonds. The molecule has 1 aromatic carbocycles. The largest absolute Gasteiger partial charge is 0.377 e. The van der Waals surface area contributed by atoms with Crippen LogP contribution in [0.2, 0.25) is 0 Å². The third kappa shape index (κ3) is 4.37. The van der Waals surface area contributed by atoms with Gasteiger partial charge in [0.15, 0.2) is 5.82 Å². The second-order valence-electron chi connectivity index (χ2n) is 4.40. The summed E-state index contributed by atoms with van der Waals surface area (Å²) in [5.41, 5.74) is 3.14. The smallest absolute Gasteiger partial charge is 0.158 e. The zero-order valence-electron chi connectivity index (χ0n) is 11.8. The number of hydrogen-bond acceptors (Lipinski definition) is 6. The van der Waals surface area contributed by atoms with E-state index in [1.807, 2.05) is 6.07 Å². The third-order valence-electron chi connectivity index (χ3n) is 2.85. The summed E-state index contributed by atoms with van der Waals surface area (Å²) in [6, 6.07) is 8.39. The van der Waals surface area contributed by atoms with Gasteiger partial charge in [0.05, 0.1) is 0 Å². The van der Waals surface area contributed by atoms with Gasteiger partial charge in [-0.3, -0.25) is 0 Å². The predicted molar refractivity (Wildman–Crippen MR) is 79.1 cm³/mol. The van der Waals surface area contributed by atoms with Crippen molar-refractivity contribution in [3.8, 4) is 0 Å². The van der Waals surface area contributed by atoms with Crippen molar-refractivity contribution >= 4 is 11.6 Å². The van der Waals surface area contributed by atoms with Crippen molar-refractivity contribution < 1.29 is 9.13 Å². The van der Waals surface area contributed by atoms with Crippen molar-refractivity contribution in [2.24, 2.45) is 5.84 Å². The zero-order chi connectivity index (χ0) is 15.1. The number of benzene rings is 1. The summed E-state index contributed by atoms with van der Waals surface area (Å²) in [5, 5.41) is 3.12. The minimum absolute atomic E-state index is 0.202. The number of ether oxygens (including phenoxy) is 1. The average Bonchev–Trinajstić information content (AvgIpc) is 2.49. The van der Waals surface area contributed by atoms with E-state index in [0.29, 0.717) is 36.0 Å². The number of rotatable bonds is 7. The van der Waals surface area contributed by atoms with Crippen LogP contribution in [0.25, 0.3) is 0 Å². The maximum atomic E-state index is 13.5. The van der Waals surface area contributed by atoms with E-state index in [-0.39, 0.29) is 12.4 Å². The van der Waals surface area contributed by atoms with Gasteiger partial charge < -0.3 is 15.5 Å². The molecule has 2 rings (SSSR count). The minimum atomic E-state index is -0.202. The Bertz CT molecular complexity index is 593. The van der Waals surface area contributed by atoms with Gasteiger partial charge in [0.1, 0.15) is 24.1 Å². The molecule has 2 aromatic rings. The molecule has 0 aliphatic rings. The number of nitrogens with zero attached hydrogens (tertiary/aromatic N) is 2. The van der Waals surface area contributed by atoms with E-state index in [2.05, 4.69) is 20.7 Å². The van der Waals surface area contributed by atoms with Crippen molar-refractivity contribution in [1.82, 2.24) is 9.97 Å². The average molecular weight is 291 g/mol. The lowest BCUT2D eigenvalue weighted by Crippen LogP contribution is -2.14. The summed E-state index contributed by atoms with van der Waals surface area (Å²) in [5.74, 6) is 6.78. The van der Waals surface area contributed by atoms with E-state index in [1.165, 1.54) is 6.07 Å². The Kier molecular flexibility index (Phi) is 5.42. The third-order valence-corrected chi connectivity index (χ3v) is 2.85. The molecule has 4 N–H and O–H groups in total. The molecule has 0 saturated heterocycles. The molecule has 0 fully saturated rings. The summed E-state index contributed by atoms with van der Waals surface area (Å²) >= 11 is 0. The van der Waals surface area contributed by atoms with Crippen molar-refractivity contribution in [2.45, 2.75) is 13.0 Å². The zero-order valence-corrected chi connectivity index (χ0v) is 11.8. The van der Waals surface area contributed by atoms with Crippen LogP contribution in [-0.4, -0.2) is 23.6 Å². The van der Waals surface area contributed by atoms with Gasteiger partial charge in [-0.25, -0.2) is 20.2 Å². The van der Waals surface area contributed by atoms with E-state index in [1.54, 1.807) is 25.3 Å². The molecular formula is C14H18FN5O. The van der Waals surface area contributed by atoms with Gasteiger partial charge in [0.25, 0.3) is 0 Å². The number of aromatic nitrogens is 2. The number of nitrogens with two attached hydrogens (primary N) is 1. The molecule has 0 saturated carbocycles. The first-order valence-electron chi connectivity index (χ1n) is 6.53. The number of methoxy groups -OCH3 is 1. The van der Waals surface area contributed by atoms with Gasteiger partial charge in [0, 0.05) is 19.7 Å². The van der Waals surface area contributed by atoms with Crippen LogP contribution in [-0.2, 0) is 17.8 Å². The molecule has 21 heavy (non-hydrogen) atoms. The fraction of sp³-hybridized carbons (Fsp3) is 0.286. The van der Waals surface area contributed by atoms with Gasteiger partial charge in [-0.05, 0) is 18.1 Å². The highest BCUT2D eigenvalue weighted by atomic mass is 19.1. The number of nitrogens with one attached hydrogen (secondary N) is 2. The maximum absolute atomic E-state index is 13.5. The number of halogens is 1. The van der Waals surface area contributed by atoms with Crippen molar-refractivity contribution in [3.63, 3.8) is 0 Å². The van der Waals surface area contributed by atoms with E-state index in [4.69, 9.17) is 10.6 Å². The second kappa shape index (κ2) is 7.51. The van der Waals surface area contributed by atoms with E-state index >= 15 is 0 Å². The van der Waals surface area contributed by atoms with E-state index in [9.17, 15) is 4.39 Å². The van der Waals surface area contributed by atoms with Crippen LogP contribution in [0.15, 0.2) is 30.3 Å². The maximum Gasteiger partial charge on any atom is 0.158 e. The normalized spacial score (nSPS) is 10.4. The molecule has 0 spiro atoms. The highest BCUT2D eigenvalue weighted by Gasteiger charge is 2.05. The molecular weight excluding hydrogens is 273 g/mol. The Hall–Kier alpha value is -2.25. The summed E-state index contributed by atoms with van der Waals surface area (Å²) in [6.45, 7) is 0.839. The van der Waals surface area contributed by atoms with Crippen LogP contribution in [0.1, 0.15) is 11.4 Å². The monoisotopic (exact) mass is 291 g/mol. The Balaban J connectivity index is 1.99. The van der Waals surface area contributed by atoms with Gasteiger partial charge in [-0.2, -0.15) is 0 Å². The van der Waals surface area contributed by atoms with Crippen LogP contribution >= 0.6 is 0 Å². The Morgan fingerprint density at radius 3 is 2.71 bits per heavy atom. The predicted octanol–water partition coefficient (Wildman–Crippen LogP) is 1.70. The number of hydrazine groups is 1. The van der Waals surface area contributed by atoms with Crippen LogP contribution in [0.4, 0.5) is 16.0 Å². The molecule has 0 unspecified atom stereocenters. The van der Waals surface area contributed by atoms with Crippen molar-refractivity contribution in [2.75, 3.05) is 24.4 Å². The van der Waals surface area contributed by atoms with E-state index in [0.717, 1.165) is 0 Å². The molecule has 0 aliphatic heterocycles. The molecule has 0 aliphatic carbocycles. The first kappa shape index (κ1) is 15.1. The molecule has 112 valence electrons. The lowest BCUT2D eigenvalue weighted by atomic mass is 10.1. The molecule has 1 aromatic heterocycles. The molecule has 0 atom stereocenters. The molecule has 0 bridgehead atoms. The fourth-order valence-corrected chi connectivity index (χ4v) is 1.88. The van der Waals surface area contributed by atoms with Gasteiger partial charge in [-0.15, -0.1) is 0 Å². The Labute approximate surface area is 122 Å². The van der Waals surface area contributed by atoms with Gasteiger partial charge in [-0.1, -0.05) is 18.2 Å². The lowest BCUT2D eigenvalue weighted by Gasteiger charge is -2.09. The number of nitrogen functional groups attached to an aromatic ring is 1. The van der Waals surface area contributed by atoms with E-state index < -0.39 is 0 Å². The summed E-state index contributed by atoms with van der Waals surface area (Å²) in [6.07, 6.45) is 0.557. The van der Waals surface area contributed by atoms with Crippen molar-refractivity contribution in [3.05, 3.63) is 47.5 Å². The quantitative estimate of drug-likeness (QED) is 0.532. The van der Waals surface area contributed by atoms with Crippen molar-refractivity contribution in [1.29, 1.82) is 0 Å². The highest BCUT2D eigenvalue weighted by molar-refractivity contribution is 5.46. The lowest BCUT2D eigenvalue weighted by molar-refractivity contribution is 0.178.